The molecule has 0 saturated heterocycles. The lowest BCUT2D eigenvalue weighted by Crippen LogP contribution is -2.20. The Morgan fingerprint density at radius 2 is 1.67 bits per heavy atom. The second kappa shape index (κ2) is 10.5. The summed E-state index contributed by atoms with van der Waals surface area (Å²) < 4.78 is 1.85. The maximum Gasteiger partial charge on any atom is 0.250 e. The molecule has 3 aromatic carbocycles. The zero-order valence-corrected chi connectivity index (χ0v) is 19.3. The van der Waals surface area contributed by atoms with Crippen LogP contribution in [0.2, 0.25) is 10.0 Å². The van der Waals surface area contributed by atoms with E-state index in [9.17, 15) is 9.90 Å². The van der Waals surface area contributed by atoms with Gasteiger partial charge < -0.3 is 5.11 Å². The number of phenolic OH excluding ortho intramolecular Hbond substituents is 1. The van der Waals surface area contributed by atoms with Gasteiger partial charge in [0.05, 0.1) is 12.0 Å². The van der Waals surface area contributed by atoms with E-state index in [-0.39, 0.29) is 17.4 Å². The van der Waals surface area contributed by atoms with E-state index in [0.717, 1.165) is 11.3 Å². The lowest BCUT2D eigenvalue weighted by molar-refractivity contribution is -0.118. The highest BCUT2D eigenvalue weighted by Gasteiger charge is 2.17. The summed E-state index contributed by atoms with van der Waals surface area (Å²) in [6.07, 6.45) is 1.38. The van der Waals surface area contributed by atoms with Gasteiger partial charge in [-0.1, -0.05) is 47.1 Å². The molecule has 2 N–H and O–H groups in total. The van der Waals surface area contributed by atoms with Crippen molar-refractivity contribution in [3.05, 3.63) is 88.4 Å². The molecule has 10 heteroatoms. The zero-order chi connectivity index (χ0) is 23.2. The molecule has 0 aliphatic carbocycles. The van der Waals surface area contributed by atoms with Gasteiger partial charge in [0.2, 0.25) is 0 Å². The number of aromatic hydroxyl groups is 1. The van der Waals surface area contributed by atoms with Crippen LogP contribution in [0.5, 0.6) is 5.75 Å². The van der Waals surface area contributed by atoms with Gasteiger partial charge in [-0.2, -0.15) is 5.10 Å². The highest BCUT2D eigenvalue weighted by molar-refractivity contribution is 7.99. The van der Waals surface area contributed by atoms with Crippen LogP contribution in [0, 0.1) is 0 Å². The van der Waals surface area contributed by atoms with Crippen molar-refractivity contribution in [2.75, 3.05) is 5.75 Å². The summed E-state index contributed by atoms with van der Waals surface area (Å²) in [5, 5.41) is 24.0. The van der Waals surface area contributed by atoms with Gasteiger partial charge in [-0.25, -0.2) is 5.43 Å². The number of halogens is 2. The minimum absolute atomic E-state index is 0.0600. The number of aromatic nitrogens is 3. The van der Waals surface area contributed by atoms with Crippen LogP contribution < -0.4 is 5.43 Å². The molecule has 0 bridgehead atoms. The topological polar surface area (TPSA) is 92.4 Å². The van der Waals surface area contributed by atoms with E-state index in [1.54, 1.807) is 48.5 Å². The van der Waals surface area contributed by atoms with Gasteiger partial charge in [-0.05, 0) is 60.7 Å². The van der Waals surface area contributed by atoms with Gasteiger partial charge in [0.25, 0.3) is 5.91 Å². The molecule has 7 nitrogen and oxygen atoms in total. The number of hydrazone groups is 1. The molecule has 4 aromatic rings. The van der Waals surface area contributed by atoms with E-state index in [1.807, 2.05) is 28.8 Å². The smallest absolute Gasteiger partial charge is 0.250 e. The molecule has 1 aromatic heterocycles. The number of nitrogens with one attached hydrogen (secondary N) is 1. The van der Waals surface area contributed by atoms with Crippen LogP contribution in [-0.4, -0.2) is 37.7 Å². The number of thioether (sulfide) groups is 1. The Bertz CT molecular complexity index is 1290. The molecule has 0 atom stereocenters. The van der Waals surface area contributed by atoms with E-state index in [4.69, 9.17) is 23.2 Å². The number of rotatable bonds is 7. The number of benzene rings is 3. The number of hydrogen-bond donors (Lipinski definition) is 2. The number of carbonyl (C=O) groups excluding carboxylic acids is 1. The molecule has 0 radical (unpaired) electrons. The molecule has 1 heterocycles. The SMILES string of the molecule is O=C(CSc1nnc(-c2ccc(Cl)cc2)n1-c1ccc(Cl)cc1)N/N=C/c1ccccc1O. The number of nitrogens with zero attached hydrogens (tertiary/aromatic N) is 4. The van der Waals surface area contributed by atoms with Crippen LogP contribution in [0.1, 0.15) is 5.56 Å². The van der Waals surface area contributed by atoms with E-state index >= 15 is 0 Å². The first-order chi connectivity index (χ1) is 16.0. The summed E-state index contributed by atoms with van der Waals surface area (Å²) in [6, 6.07) is 21.2. The minimum atomic E-state index is -0.328. The van der Waals surface area contributed by atoms with Gasteiger partial charge >= 0.3 is 0 Å². The molecule has 1 amide bonds. The van der Waals surface area contributed by atoms with E-state index < -0.39 is 0 Å². The second-order valence-electron chi connectivity index (χ2n) is 6.77. The first-order valence-electron chi connectivity index (χ1n) is 9.71. The molecule has 0 saturated carbocycles. The predicted octanol–water partition coefficient (Wildman–Crippen LogP) is 5.19. The normalized spacial score (nSPS) is 11.1. The maximum atomic E-state index is 12.3. The highest BCUT2D eigenvalue weighted by Crippen LogP contribution is 2.29. The molecule has 0 unspecified atom stereocenters. The Morgan fingerprint density at radius 3 is 2.36 bits per heavy atom. The quantitative estimate of drug-likeness (QED) is 0.208. The molecule has 33 heavy (non-hydrogen) atoms. The summed E-state index contributed by atoms with van der Waals surface area (Å²) in [4.78, 5) is 12.3. The summed E-state index contributed by atoms with van der Waals surface area (Å²) in [5.74, 6) is 0.417. The zero-order valence-electron chi connectivity index (χ0n) is 17.0. The highest BCUT2D eigenvalue weighted by atomic mass is 35.5. The van der Waals surface area contributed by atoms with Crippen LogP contribution in [0.4, 0.5) is 0 Å². The van der Waals surface area contributed by atoms with Crippen molar-refractivity contribution in [2.24, 2.45) is 5.10 Å². The Balaban J connectivity index is 1.52. The predicted molar refractivity (Wildman–Crippen MR) is 131 cm³/mol. The number of amides is 1. The summed E-state index contributed by atoms with van der Waals surface area (Å²) in [5.41, 5.74) is 4.57. The third-order valence-electron chi connectivity index (χ3n) is 4.48. The lowest BCUT2D eigenvalue weighted by atomic mass is 10.2. The first-order valence-corrected chi connectivity index (χ1v) is 11.5. The van der Waals surface area contributed by atoms with Crippen LogP contribution in [0.15, 0.2) is 83.1 Å². The van der Waals surface area contributed by atoms with Crippen molar-refractivity contribution in [3.63, 3.8) is 0 Å². The van der Waals surface area contributed by atoms with Crippen molar-refractivity contribution >= 4 is 47.1 Å². The number of para-hydroxylation sites is 1. The molecule has 0 aliphatic rings. The fraction of sp³-hybridized carbons (Fsp3) is 0.0435. The van der Waals surface area contributed by atoms with E-state index in [1.165, 1.54) is 18.0 Å². The van der Waals surface area contributed by atoms with Crippen molar-refractivity contribution in [1.29, 1.82) is 0 Å². The third kappa shape index (κ3) is 5.73. The molecular formula is C23H17Cl2N5O2S. The Labute approximate surface area is 204 Å². The molecular weight excluding hydrogens is 481 g/mol. The van der Waals surface area contributed by atoms with Crippen LogP contribution >= 0.6 is 35.0 Å². The number of hydrogen-bond acceptors (Lipinski definition) is 6. The average molecular weight is 498 g/mol. The van der Waals surface area contributed by atoms with E-state index in [0.29, 0.717) is 26.6 Å². The first kappa shape index (κ1) is 22.8. The van der Waals surface area contributed by atoms with Crippen molar-refractivity contribution in [2.45, 2.75) is 5.16 Å². The van der Waals surface area contributed by atoms with Crippen molar-refractivity contribution < 1.29 is 9.90 Å². The van der Waals surface area contributed by atoms with Gasteiger partial charge in [0.1, 0.15) is 5.75 Å². The molecule has 4 rings (SSSR count). The molecule has 166 valence electrons. The molecule has 0 spiro atoms. The number of phenols is 1. The second-order valence-corrected chi connectivity index (χ2v) is 8.58. The van der Waals surface area contributed by atoms with Crippen LogP contribution in [0.25, 0.3) is 17.1 Å². The standard InChI is InChI=1S/C23H17Cl2N5O2S/c24-17-7-5-15(6-8-17)22-28-29-23(30(22)19-11-9-18(25)10-12-19)33-14-21(32)27-26-13-16-3-1-2-4-20(16)31/h1-13,31H,14H2,(H,27,32)/b26-13+. The fourth-order valence-corrected chi connectivity index (χ4v) is 3.90. The van der Waals surface area contributed by atoms with Crippen LogP contribution in [-0.2, 0) is 4.79 Å². The van der Waals surface area contributed by atoms with Gasteiger partial charge in [-0.15, -0.1) is 10.2 Å². The fourth-order valence-electron chi connectivity index (χ4n) is 2.91. The van der Waals surface area contributed by atoms with Gasteiger partial charge in [-0.3, -0.25) is 9.36 Å². The Morgan fingerprint density at radius 1 is 1.00 bits per heavy atom. The Hall–Kier alpha value is -3.33. The minimum Gasteiger partial charge on any atom is -0.507 e. The summed E-state index contributed by atoms with van der Waals surface area (Å²) >= 11 is 13.3. The third-order valence-corrected chi connectivity index (χ3v) is 5.92. The van der Waals surface area contributed by atoms with Crippen molar-refractivity contribution in [1.82, 2.24) is 20.2 Å². The van der Waals surface area contributed by atoms with Gasteiger partial charge in [0, 0.05) is 26.9 Å². The summed E-state index contributed by atoms with van der Waals surface area (Å²) in [6.45, 7) is 0. The largest absolute Gasteiger partial charge is 0.507 e. The van der Waals surface area contributed by atoms with Gasteiger partial charge in [0.15, 0.2) is 11.0 Å². The maximum absolute atomic E-state index is 12.3. The summed E-state index contributed by atoms with van der Waals surface area (Å²) in [7, 11) is 0. The number of carbonyl (C=O) groups is 1. The van der Waals surface area contributed by atoms with E-state index in [2.05, 4.69) is 20.7 Å². The van der Waals surface area contributed by atoms with Crippen molar-refractivity contribution in [3.8, 4) is 22.8 Å². The van der Waals surface area contributed by atoms with Crippen LogP contribution in [0.3, 0.4) is 0 Å². The average Bonchev–Trinajstić information content (AvgIpc) is 3.24. The molecule has 0 fully saturated rings. The monoisotopic (exact) mass is 497 g/mol. The lowest BCUT2D eigenvalue weighted by Gasteiger charge is -2.10. The Kier molecular flexibility index (Phi) is 7.29. The molecule has 0 aliphatic heterocycles.